The highest BCUT2D eigenvalue weighted by Gasteiger charge is 2.13. The number of anilines is 2. The Balaban J connectivity index is 2.48. The van der Waals surface area contributed by atoms with Crippen LogP contribution < -0.4 is 11.1 Å². The van der Waals surface area contributed by atoms with Crippen molar-refractivity contribution in [1.82, 2.24) is 0 Å². The summed E-state index contributed by atoms with van der Waals surface area (Å²) in [6.07, 6.45) is 0. The van der Waals surface area contributed by atoms with Crippen LogP contribution in [0.15, 0.2) is 30.3 Å². The summed E-state index contributed by atoms with van der Waals surface area (Å²) in [4.78, 5) is 0.0751. The third kappa shape index (κ3) is 2.89. The Bertz CT molecular complexity index is 689. The Morgan fingerprint density at radius 2 is 1.90 bits per heavy atom. The Hall–Kier alpha value is -1.72. The van der Waals surface area contributed by atoms with E-state index in [1.54, 1.807) is 18.2 Å². The van der Waals surface area contributed by atoms with Gasteiger partial charge in [0.15, 0.2) is 0 Å². The van der Waals surface area contributed by atoms with Gasteiger partial charge in [-0.05, 0) is 30.7 Å². The van der Waals surface area contributed by atoms with E-state index in [4.69, 9.17) is 29.6 Å². The summed E-state index contributed by atoms with van der Waals surface area (Å²) >= 11 is 10.9. The second kappa shape index (κ2) is 5.73. The van der Waals surface area contributed by atoms with Crippen molar-refractivity contribution >= 4 is 40.2 Å². The molecule has 0 fully saturated rings. The van der Waals surface area contributed by atoms with Gasteiger partial charge in [0.05, 0.1) is 22.0 Å². The number of nitrogens with two attached hydrogens (primary N) is 1. The maximum atomic E-state index is 13.8. The highest BCUT2D eigenvalue weighted by atomic mass is 35.5. The summed E-state index contributed by atoms with van der Waals surface area (Å²) < 4.78 is 27.3. The minimum absolute atomic E-state index is 0.00660. The summed E-state index contributed by atoms with van der Waals surface area (Å²) in [7, 11) is 0. The molecule has 104 valence electrons. The van der Waals surface area contributed by atoms with Gasteiger partial charge in [-0.3, -0.25) is 0 Å². The van der Waals surface area contributed by atoms with Crippen molar-refractivity contribution in [2.24, 2.45) is 5.73 Å². The van der Waals surface area contributed by atoms with Crippen molar-refractivity contribution in [3.63, 3.8) is 0 Å². The van der Waals surface area contributed by atoms with Crippen molar-refractivity contribution in [2.75, 3.05) is 5.32 Å². The fourth-order valence-corrected chi connectivity index (χ4v) is 2.32. The molecule has 2 rings (SSSR count). The average molecular weight is 313 g/mol. The molecule has 0 aliphatic carbocycles. The van der Waals surface area contributed by atoms with Crippen LogP contribution in [-0.2, 0) is 0 Å². The van der Waals surface area contributed by atoms with E-state index in [0.717, 1.165) is 12.1 Å². The molecule has 0 saturated heterocycles. The number of hydrogen-bond donors (Lipinski definition) is 2. The van der Waals surface area contributed by atoms with Crippen LogP contribution in [-0.4, -0.2) is 4.99 Å². The number of halogens is 3. The molecule has 2 aromatic rings. The van der Waals surface area contributed by atoms with Gasteiger partial charge in [0.1, 0.15) is 16.6 Å². The minimum atomic E-state index is -0.572. The molecule has 0 heterocycles. The van der Waals surface area contributed by atoms with Gasteiger partial charge in [-0.25, -0.2) is 8.78 Å². The van der Waals surface area contributed by atoms with Gasteiger partial charge in [0.25, 0.3) is 0 Å². The van der Waals surface area contributed by atoms with Crippen molar-refractivity contribution in [3.8, 4) is 0 Å². The van der Waals surface area contributed by atoms with Crippen molar-refractivity contribution < 1.29 is 8.78 Å². The molecule has 2 nitrogen and oxygen atoms in total. The second-order valence-electron chi connectivity index (χ2n) is 4.23. The highest BCUT2D eigenvalue weighted by Crippen LogP contribution is 2.29. The van der Waals surface area contributed by atoms with Crippen LogP contribution >= 0.6 is 23.8 Å². The van der Waals surface area contributed by atoms with Crippen LogP contribution in [0.5, 0.6) is 0 Å². The maximum Gasteiger partial charge on any atom is 0.147 e. The predicted octanol–water partition coefficient (Wildman–Crippen LogP) is 4.30. The number of benzene rings is 2. The van der Waals surface area contributed by atoms with E-state index in [0.29, 0.717) is 16.3 Å². The Labute approximate surface area is 125 Å². The minimum Gasteiger partial charge on any atom is -0.389 e. The number of rotatable bonds is 3. The predicted molar refractivity (Wildman–Crippen MR) is 81.7 cm³/mol. The van der Waals surface area contributed by atoms with E-state index in [1.165, 1.54) is 6.92 Å². The fraction of sp³-hybridized carbons (Fsp3) is 0.0714. The summed E-state index contributed by atoms with van der Waals surface area (Å²) in [6.45, 7) is 1.49. The third-order valence-electron chi connectivity index (χ3n) is 2.78. The number of nitrogens with one attached hydrogen (secondary N) is 1. The first-order valence-corrected chi connectivity index (χ1v) is 6.49. The summed E-state index contributed by atoms with van der Waals surface area (Å²) in [5, 5.41) is 3.11. The van der Waals surface area contributed by atoms with Crippen LogP contribution in [0.25, 0.3) is 0 Å². The molecule has 0 amide bonds. The number of aryl methyl sites for hydroxylation is 1. The first kappa shape index (κ1) is 14.7. The average Bonchev–Trinajstić information content (AvgIpc) is 2.35. The van der Waals surface area contributed by atoms with E-state index in [-0.39, 0.29) is 16.2 Å². The lowest BCUT2D eigenvalue weighted by Crippen LogP contribution is -2.13. The van der Waals surface area contributed by atoms with E-state index in [1.807, 2.05) is 0 Å². The van der Waals surface area contributed by atoms with Gasteiger partial charge in [0.2, 0.25) is 0 Å². The van der Waals surface area contributed by atoms with Gasteiger partial charge >= 0.3 is 0 Å². The van der Waals surface area contributed by atoms with E-state index < -0.39 is 11.6 Å². The van der Waals surface area contributed by atoms with Crippen molar-refractivity contribution in [2.45, 2.75) is 6.92 Å². The van der Waals surface area contributed by atoms with Gasteiger partial charge in [-0.1, -0.05) is 29.9 Å². The maximum absolute atomic E-state index is 13.8. The summed E-state index contributed by atoms with van der Waals surface area (Å²) in [5.74, 6) is -1.08. The van der Waals surface area contributed by atoms with Crippen molar-refractivity contribution in [1.29, 1.82) is 0 Å². The number of hydrogen-bond acceptors (Lipinski definition) is 2. The van der Waals surface area contributed by atoms with E-state index >= 15 is 0 Å². The summed E-state index contributed by atoms with van der Waals surface area (Å²) in [6, 6.07) is 7.11. The zero-order valence-electron chi connectivity index (χ0n) is 10.5. The van der Waals surface area contributed by atoms with E-state index in [9.17, 15) is 8.78 Å². The molecule has 2 aromatic carbocycles. The summed E-state index contributed by atoms with van der Waals surface area (Å²) in [5.41, 5.74) is 6.64. The fourth-order valence-electron chi connectivity index (χ4n) is 1.77. The quantitative estimate of drug-likeness (QED) is 0.830. The highest BCUT2D eigenvalue weighted by molar-refractivity contribution is 7.80. The Morgan fingerprint density at radius 3 is 2.55 bits per heavy atom. The lowest BCUT2D eigenvalue weighted by molar-refractivity contribution is 0.595. The van der Waals surface area contributed by atoms with Gasteiger partial charge in [-0.2, -0.15) is 0 Å². The SMILES string of the molecule is Cc1cc(F)c(Nc2cccc(Cl)c2C(N)=S)cc1F. The second-order valence-corrected chi connectivity index (χ2v) is 5.08. The standard InChI is InChI=1S/C14H11ClF2N2S/c1-7-5-10(17)12(6-9(7)16)19-11-4-2-3-8(15)13(11)14(18)20/h2-6,19H,1H3,(H2,18,20). The number of thiocarbonyl (C=S) groups is 1. The lowest BCUT2D eigenvalue weighted by Gasteiger charge is -2.13. The van der Waals surface area contributed by atoms with Gasteiger partial charge < -0.3 is 11.1 Å². The largest absolute Gasteiger partial charge is 0.389 e. The first-order valence-electron chi connectivity index (χ1n) is 5.71. The van der Waals surface area contributed by atoms with Crippen LogP contribution in [0, 0.1) is 18.6 Å². The smallest absolute Gasteiger partial charge is 0.147 e. The lowest BCUT2D eigenvalue weighted by atomic mass is 10.1. The molecule has 0 aliphatic heterocycles. The van der Waals surface area contributed by atoms with Crippen LogP contribution in [0.2, 0.25) is 5.02 Å². The zero-order chi connectivity index (χ0) is 14.9. The zero-order valence-corrected chi connectivity index (χ0v) is 12.1. The molecule has 0 unspecified atom stereocenters. The van der Waals surface area contributed by atoms with Crippen LogP contribution in [0.1, 0.15) is 11.1 Å². The molecular weight excluding hydrogens is 302 g/mol. The molecule has 0 aromatic heterocycles. The third-order valence-corrected chi connectivity index (χ3v) is 3.30. The molecule has 6 heteroatoms. The molecule has 0 aliphatic rings. The normalized spacial score (nSPS) is 10.4. The first-order chi connectivity index (χ1) is 9.40. The van der Waals surface area contributed by atoms with Crippen LogP contribution in [0.4, 0.5) is 20.2 Å². The molecule has 0 saturated carbocycles. The molecular formula is C14H11ClF2N2S. The van der Waals surface area contributed by atoms with E-state index in [2.05, 4.69) is 5.32 Å². The monoisotopic (exact) mass is 312 g/mol. The molecule has 3 N–H and O–H groups in total. The van der Waals surface area contributed by atoms with Crippen LogP contribution in [0.3, 0.4) is 0 Å². The Morgan fingerprint density at radius 1 is 1.20 bits per heavy atom. The molecule has 0 bridgehead atoms. The topological polar surface area (TPSA) is 38.0 Å². The molecule has 0 spiro atoms. The Kier molecular flexibility index (Phi) is 4.20. The molecule has 20 heavy (non-hydrogen) atoms. The van der Waals surface area contributed by atoms with Gasteiger partial charge in [-0.15, -0.1) is 0 Å². The van der Waals surface area contributed by atoms with Gasteiger partial charge in [0, 0.05) is 6.07 Å². The van der Waals surface area contributed by atoms with Crippen molar-refractivity contribution in [3.05, 3.63) is 58.1 Å². The molecule has 0 radical (unpaired) electrons. The molecule has 0 atom stereocenters.